The highest BCUT2D eigenvalue weighted by molar-refractivity contribution is 7.92. The van der Waals surface area contributed by atoms with Crippen molar-refractivity contribution in [3.05, 3.63) is 57.5 Å². The number of aryl methyl sites for hydroxylation is 1. The molecule has 126 valence electrons. The van der Waals surface area contributed by atoms with Crippen LogP contribution >= 0.6 is 11.6 Å². The Morgan fingerprint density at radius 2 is 1.83 bits per heavy atom. The van der Waals surface area contributed by atoms with Crippen molar-refractivity contribution in [1.29, 1.82) is 0 Å². The maximum Gasteiger partial charge on any atom is 0.419 e. The summed E-state index contributed by atoms with van der Waals surface area (Å²) in [6.07, 6.45) is 0. The number of nitrogens with zero attached hydrogens (tertiary/aromatic N) is 1. The Morgan fingerprint density at radius 3 is 2.46 bits per heavy atom. The zero-order valence-electron chi connectivity index (χ0n) is 12.0. The second-order valence-electron chi connectivity index (χ2n) is 4.88. The van der Waals surface area contributed by atoms with Crippen molar-refractivity contribution in [2.45, 2.75) is 4.90 Å². The molecule has 0 spiro atoms. The van der Waals surface area contributed by atoms with Gasteiger partial charge in [-0.05, 0) is 18.2 Å². The highest BCUT2D eigenvalue weighted by Crippen LogP contribution is 2.29. The van der Waals surface area contributed by atoms with Crippen LogP contribution in [-0.2, 0) is 17.1 Å². The van der Waals surface area contributed by atoms with Crippen molar-refractivity contribution in [3.63, 3.8) is 0 Å². The first-order valence-corrected chi connectivity index (χ1v) is 8.33. The Hall–Kier alpha value is -2.39. The largest absolute Gasteiger partial charge is 0.419 e. The van der Waals surface area contributed by atoms with Crippen LogP contribution in [0.5, 0.6) is 0 Å². The first-order valence-electron chi connectivity index (χ1n) is 6.46. The van der Waals surface area contributed by atoms with Crippen LogP contribution < -0.4 is 10.5 Å². The van der Waals surface area contributed by atoms with Gasteiger partial charge in [0.1, 0.15) is 22.2 Å². The summed E-state index contributed by atoms with van der Waals surface area (Å²) in [6, 6.07) is 5.15. The molecule has 0 radical (unpaired) electrons. The van der Waals surface area contributed by atoms with E-state index in [0.29, 0.717) is 0 Å². The zero-order valence-corrected chi connectivity index (χ0v) is 13.6. The lowest BCUT2D eigenvalue weighted by molar-refractivity contribution is 0.528. The Labute approximate surface area is 139 Å². The second-order valence-corrected chi connectivity index (χ2v) is 6.94. The summed E-state index contributed by atoms with van der Waals surface area (Å²) in [4.78, 5) is 11.0. The number of para-hydroxylation sites is 1. The van der Waals surface area contributed by atoms with Gasteiger partial charge in [0.25, 0.3) is 10.0 Å². The van der Waals surface area contributed by atoms with E-state index >= 15 is 0 Å². The SMILES string of the molecule is Cn1c(=O)oc2cc(Cl)c(S(=O)(=O)Nc3c(F)cccc3F)cc21. The first kappa shape index (κ1) is 16.5. The monoisotopic (exact) mass is 374 g/mol. The number of fused-ring (bicyclic) bond motifs is 1. The molecule has 0 saturated heterocycles. The number of hydrogen-bond donors (Lipinski definition) is 1. The minimum absolute atomic E-state index is 0.0866. The van der Waals surface area contributed by atoms with Gasteiger partial charge >= 0.3 is 5.76 Å². The Morgan fingerprint density at radius 1 is 1.21 bits per heavy atom. The van der Waals surface area contributed by atoms with E-state index in [0.717, 1.165) is 34.9 Å². The molecule has 6 nitrogen and oxygen atoms in total. The highest BCUT2D eigenvalue weighted by Gasteiger charge is 2.24. The number of halogens is 3. The standard InChI is InChI=1S/C14H9ClF2N2O4S/c1-19-10-6-12(7(15)5-11(10)23-14(19)20)24(21,22)18-13-8(16)3-2-4-9(13)17/h2-6,18H,1H3. The van der Waals surface area contributed by atoms with E-state index in [1.54, 1.807) is 0 Å². The fourth-order valence-corrected chi connectivity index (χ4v) is 3.73. The van der Waals surface area contributed by atoms with Crippen molar-refractivity contribution >= 4 is 38.4 Å². The highest BCUT2D eigenvalue weighted by atomic mass is 35.5. The maximum absolute atomic E-state index is 13.7. The van der Waals surface area contributed by atoms with Gasteiger partial charge in [-0.15, -0.1) is 0 Å². The van der Waals surface area contributed by atoms with E-state index in [-0.39, 0.29) is 16.1 Å². The maximum atomic E-state index is 13.7. The molecular weight excluding hydrogens is 366 g/mol. The predicted molar refractivity (Wildman–Crippen MR) is 83.6 cm³/mol. The van der Waals surface area contributed by atoms with Gasteiger partial charge in [-0.3, -0.25) is 9.29 Å². The summed E-state index contributed by atoms with van der Waals surface area (Å²) in [5, 5.41) is -0.263. The molecule has 3 rings (SSSR count). The van der Waals surface area contributed by atoms with E-state index in [1.165, 1.54) is 7.05 Å². The fraction of sp³-hybridized carbons (Fsp3) is 0.0714. The Bertz CT molecular complexity index is 1100. The predicted octanol–water partition coefficient (Wildman–Crippen LogP) is 2.86. The van der Waals surface area contributed by atoms with E-state index in [1.807, 2.05) is 4.72 Å². The van der Waals surface area contributed by atoms with Gasteiger partial charge < -0.3 is 4.42 Å². The molecule has 0 unspecified atom stereocenters. The van der Waals surface area contributed by atoms with Crippen LogP contribution in [0.1, 0.15) is 0 Å². The van der Waals surface area contributed by atoms with Crippen molar-refractivity contribution in [3.8, 4) is 0 Å². The minimum atomic E-state index is -4.41. The second kappa shape index (κ2) is 5.60. The molecule has 1 aromatic heterocycles. The van der Waals surface area contributed by atoms with Crippen molar-refractivity contribution in [1.82, 2.24) is 4.57 Å². The summed E-state index contributed by atoms with van der Waals surface area (Å²) >= 11 is 5.92. The number of anilines is 1. The van der Waals surface area contributed by atoms with E-state index in [9.17, 15) is 22.0 Å². The van der Waals surface area contributed by atoms with Crippen LogP contribution in [-0.4, -0.2) is 13.0 Å². The van der Waals surface area contributed by atoms with Crippen molar-refractivity contribution in [2.24, 2.45) is 7.05 Å². The third-order valence-corrected chi connectivity index (χ3v) is 5.15. The van der Waals surface area contributed by atoms with E-state index in [2.05, 4.69) is 0 Å². The molecule has 1 N–H and O–H groups in total. The van der Waals surface area contributed by atoms with Crippen molar-refractivity contribution < 1.29 is 21.6 Å². The average Bonchev–Trinajstić information content (AvgIpc) is 2.76. The zero-order chi connectivity index (χ0) is 17.6. The van der Waals surface area contributed by atoms with Gasteiger partial charge in [-0.1, -0.05) is 17.7 Å². The van der Waals surface area contributed by atoms with Gasteiger partial charge in [0, 0.05) is 13.1 Å². The molecule has 0 atom stereocenters. The van der Waals surface area contributed by atoms with E-state index in [4.69, 9.17) is 16.0 Å². The van der Waals surface area contributed by atoms with Gasteiger partial charge in [-0.2, -0.15) is 0 Å². The number of sulfonamides is 1. The summed E-state index contributed by atoms with van der Waals surface area (Å²) in [5.74, 6) is -2.86. The van der Waals surface area contributed by atoms with Crippen LogP contribution in [0.15, 0.2) is 44.4 Å². The lowest BCUT2D eigenvalue weighted by Gasteiger charge is -2.11. The van der Waals surface area contributed by atoms with Gasteiger partial charge in [0.15, 0.2) is 5.58 Å². The van der Waals surface area contributed by atoms with Gasteiger partial charge in [-0.25, -0.2) is 22.0 Å². The number of rotatable bonds is 3. The number of oxazole rings is 1. The molecule has 0 amide bonds. The minimum Gasteiger partial charge on any atom is -0.408 e. The quantitative estimate of drug-likeness (QED) is 0.764. The molecular formula is C14H9ClF2N2O4S. The topological polar surface area (TPSA) is 81.3 Å². The Kier molecular flexibility index (Phi) is 3.84. The molecule has 0 aliphatic heterocycles. The summed E-state index contributed by atoms with van der Waals surface area (Å²) in [7, 11) is -3.03. The molecule has 3 aromatic rings. The molecule has 0 fully saturated rings. The van der Waals surface area contributed by atoms with Crippen molar-refractivity contribution in [2.75, 3.05) is 4.72 Å². The molecule has 0 aliphatic carbocycles. The average molecular weight is 375 g/mol. The van der Waals surface area contributed by atoms with Crippen LogP contribution in [0.3, 0.4) is 0 Å². The van der Waals surface area contributed by atoms with Crippen LogP contribution in [0.25, 0.3) is 11.1 Å². The molecule has 0 aliphatic rings. The Balaban J connectivity index is 2.16. The third kappa shape index (κ3) is 2.65. The summed E-state index contributed by atoms with van der Waals surface area (Å²) in [5.41, 5.74) is -0.572. The van der Waals surface area contributed by atoms with Crippen LogP contribution in [0.2, 0.25) is 5.02 Å². The van der Waals surface area contributed by atoms with E-state index < -0.39 is 38.0 Å². The lowest BCUT2D eigenvalue weighted by atomic mass is 10.3. The lowest BCUT2D eigenvalue weighted by Crippen LogP contribution is -2.16. The first-order chi connectivity index (χ1) is 11.2. The normalized spacial score (nSPS) is 11.8. The number of benzene rings is 2. The van der Waals surface area contributed by atoms with Gasteiger partial charge in [0.05, 0.1) is 10.5 Å². The molecule has 0 saturated carbocycles. The molecule has 10 heteroatoms. The third-order valence-electron chi connectivity index (χ3n) is 3.33. The van der Waals surface area contributed by atoms with Crippen LogP contribution in [0.4, 0.5) is 14.5 Å². The van der Waals surface area contributed by atoms with Crippen LogP contribution in [0, 0.1) is 11.6 Å². The number of hydrogen-bond acceptors (Lipinski definition) is 4. The number of aromatic nitrogens is 1. The summed E-state index contributed by atoms with van der Waals surface area (Å²) < 4.78 is 60.0. The number of nitrogens with one attached hydrogen (secondary N) is 1. The smallest absolute Gasteiger partial charge is 0.408 e. The molecule has 1 heterocycles. The molecule has 24 heavy (non-hydrogen) atoms. The summed E-state index contributed by atoms with van der Waals surface area (Å²) in [6.45, 7) is 0. The fourth-order valence-electron chi connectivity index (χ4n) is 2.12. The molecule has 0 bridgehead atoms. The van der Waals surface area contributed by atoms with Gasteiger partial charge in [0.2, 0.25) is 0 Å². The molecule has 2 aromatic carbocycles.